The van der Waals surface area contributed by atoms with Crippen molar-refractivity contribution in [2.75, 3.05) is 7.05 Å². The van der Waals surface area contributed by atoms with Gasteiger partial charge in [-0.05, 0) is 27.7 Å². The number of amides is 1. The quantitative estimate of drug-likeness (QED) is 0.508. The van der Waals surface area contributed by atoms with Gasteiger partial charge in [0.2, 0.25) is 5.72 Å². The molecule has 14 heavy (non-hydrogen) atoms. The van der Waals surface area contributed by atoms with Crippen LogP contribution in [0.25, 0.3) is 0 Å². The molecule has 5 heteroatoms. The molecule has 0 rings (SSSR count). The Kier molecular flexibility index (Phi) is 3.49. The normalized spacial score (nSPS) is 15.2. The van der Waals surface area contributed by atoms with Crippen LogP contribution in [0.1, 0.15) is 27.7 Å². The number of hydrogen-bond acceptors (Lipinski definition) is 4. The molecule has 0 saturated heterocycles. The zero-order valence-electron chi connectivity index (χ0n) is 9.16. The maximum atomic E-state index is 11.4. The van der Waals surface area contributed by atoms with E-state index in [1.165, 1.54) is 14.0 Å². The van der Waals surface area contributed by atoms with Crippen LogP contribution in [0.15, 0.2) is 0 Å². The van der Waals surface area contributed by atoms with Crippen LogP contribution < -0.4 is 0 Å². The monoisotopic (exact) mass is 200 g/mol. The van der Waals surface area contributed by atoms with Crippen LogP contribution in [0.2, 0.25) is 0 Å². The highest BCUT2D eigenvalue weighted by Gasteiger charge is 2.32. The number of rotatable bonds is 1. The van der Waals surface area contributed by atoms with Gasteiger partial charge in [-0.25, -0.2) is 4.79 Å². The van der Waals surface area contributed by atoms with Crippen molar-refractivity contribution in [3.8, 4) is 6.07 Å². The number of hydrogen-bond donors (Lipinski definition) is 1. The fraction of sp³-hybridized carbons (Fsp3) is 0.778. The van der Waals surface area contributed by atoms with Gasteiger partial charge in [-0.1, -0.05) is 0 Å². The molecule has 0 bridgehead atoms. The summed E-state index contributed by atoms with van der Waals surface area (Å²) in [7, 11) is 1.30. The molecule has 0 saturated carbocycles. The Morgan fingerprint density at radius 3 is 2.14 bits per heavy atom. The molecule has 0 aromatic heterocycles. The summed E-state index contributed by atoms with van der Waals surface area (Å²) >= 11 is 0. The molecule has 1 unspecified atom stereocenters. The van der Waals surface area contributed by atoms with Crippen LogP contribution in [-0.4, -0.2) is 34.5 Å². The average molecular weight is 200 g/mol. The highest BCUT2D eigenvalue weighted by Crippen LogP contribution is 2.14. The van der Waals surface area contributed by atoms with Gasteiger partial charge in [-0.3, -0.25) is 4.90 Å². The first-order chi connectivity index (χ1) is 6.10. The Bertz CT molecular complexity index is 260. The number of nitrogens with zero attached hydrogens (tertiary/aromatic N) is 2. The van der Waals surface area contributed by atoms with Gasteiger partial charge in [0.15, 0.2) is 0 Å². The van der Waals surface area contributed by atoms with Crippen LogP contribution in [0.3, 0.4) is 0 Å². The average Bonchev–Trinajstić information content (AvgIpc) is 2.00. The highest BCUT2D eigenvalue weighted by atomic mass is 16.6. The van der Waals surface area contributed by atoms with Gasteiger partial charge >= 0.3 is 6.09 Å². The first-order valence-electron chi connectivity index (χ1n) is 4.20. The van der Waals surface area contributed by atoms with Gasteiger partial charge in [0.25, 0.3) is 0 Å². The predicted octanol–water partition coefficient (Wildman–Crippen LogP) is 1.09. The molecule has 5 nitrogen and oxygen atoms in total. The van der Waals surface area contributed by atoms with E-state index in [2.05, 4.69) is 0 Å². The molecular weight excluding hydrogens is 184 g/mol. The third-order valence-electron chi connectivity index (χ3n) is 1.53. The maximum absolute atomic E-state index is 11.4. The third kappa shape index (κ3) is 3.62. The van der Waals surface area contributed by atoms with Gasteiger partial charge in [-0.2, -0.15) is 5.26 Å². The minimum atomic E-state index is -1.84. The zero-order valence-corrected chi connectivity index (χ0v) is 9.16. The molecule has 0 heterocycles. The summed E-state index contributed by atoms with van der Waals surface area (Å²) in [5.41, 5.74) is -2.49. The largest absolute Gasteiger partial charge is 0.444 e. The van der Waals surface area contributed by atoms with Crippen LogP contribution in [0.4, 0.5) is 4.79 Å². The van der Waals surface area contributed by atoms with Crippen LogP contribution >= 0.6 is 0 Å². The molecule has 0 radical (unpaired) electrons. The second-order valence-corrected chi connectivity index (χ2v) is 4.17. The van der Waals surface area contributed by atoms with E-state index in [0.717, 1.165) is 4.90 Å². The molecule has 0 aromatic rings. The summed E-state index contributed by atoms with van der Waals surface area (Å²) < 4.78 is 4.96. The smallest absolute Gasteiger partial charge is 0.413 e. The Balaban J connectivity index is 4.51. The van der Waals surface area contributed by atoms with E-state index in [4.69, 9.17) is 10.00 Å². The number of nitriles is 1. The third-order valence-corrected chi connectivity index (χ3v) is 1.53. The van der Waals surface area contributed by atoms with E-state index in [-0.39, 0.29) is 0 Å². The SMILES string of the molecule is CN(C(=O)OC(C)(C)C)C(C)(O)C#N. The fourth-order valence-electron chi connectivity index (χ4n) is 0.583. The molecule has 1 N–H and O–H groups in total. The number of ether oxygens (including phenoxy) is 1. The van der Waals surface area contributed by atoms with Crippen molar-refractivity contribution in [1.82, 2.24) is 4.90 Å². The summed E-state index contributed by atoms with van der Waals surface area (Å²) in [6.07, 6.45) is -0.732. The summed E-state index contributed by atoms with van der Waals surface area (Å²) in [6.45, 7) is 6.34. The predicted molar refractivity (Wildman–Crippen MR) is 50.2 cm³/mol. The molecule has 1 amide bonds. The highest BCUT2D eigenvalue weighted by molar-refractivity contribution is 5.69. The molecule has 0 aliphatic heterocycles. The van der Waals surface area contributed by atoms with E-state index in [1.54, 1.807) is 26.8 Å². The van der Waals surface area contributed by atoms with Gasteiger partial charge in [0.05, 0.1) is 0 Å². The van der Waals surface area contributed by atoms with Crippen molar-refractivity contribution in [3.63, 3.8) is 0 Å². The van der Waals surface area contributed by atoms with E-state index in [1.807, 2.05) is 0 Å². The molecule has 0 fully saturated rings. The Morgan fingerprint density at radius 1 is 1.43 bits per heavy atom. The van der Waals surface area contributed by atoms with E-state index < -0.39 is 17.4 Å². The molecular formula is C9H16N2O3. The van der Waals surface area contributed by atoms with E-state index in [9.17, 15) is 9.90 Å². The van der Waals surface area contributed by atoms with Gasteiger partial charge in [-0.15, -0.1) is 0 Å². The van der Waals surface area contributed by atoms with E-state index >= 15 is 0 Å². The lowest BCUT2D eigenvalue weighted by atomic mass is 10.2. The topological polar surface area (TPSA) is 73.6 Å². The Hall–Kier alpha value is -1.28. The van der Waals surface area contributed by atoms with E-state index in [0.29, 0.717) is 0 Å². The van der Waals surface area contributed by atoms with Crippen LogP contribution in [0, 0.1) is 11.3 Å². The lowest BCUT2D eigenvalue weighted by Gasteiger charge is -2.30. The number of carbonyl (C=O) groups is 1. The fourth-order valence-corrected chi connectivity index (χ4v) is 0.583. The lowest BCUT2D eigenvalue weighted by molar-refractivity contribution is -0.0477. The van der Waals surface area contributed by atoms with Crippen molar-refractivity contribution in [2.24, 2.45) is 0 Å². The van der Waals surface area contributed by atoms with Crippen LogP contribution in [0.5, 0.6) is 0 Å². The van der Waals surface area contributed by atoms with Crippen molar-refractivity contribution in [1.29, 1.82) is 5.26 Å². The molecule has 0 spiro atoms. The first kappa shape index (κ1) is 12.7. The molecule has 0 aliphatic rings. The van der Waals surface area contributed by atoms with Crippen molar-refractivity contribution in [3.05, 3.63) is 0 Å². The minimum absolute atomic E-state index is 0.642. The van der Waals surface area contributed by atoms with Gasteiger partial charge in [0.1, 0.15) is 11.7 Å². The molecule has 1 atom stereocenters. The number of carbonyl (C=O) groups excluding carboxylic acids is 1. The van der Waals surface area contributed by atoms with Crippen molar-refractivity contribution >= 4 is 6.09 Å². The zero-order chi connectivity index (χ0) is 11.6. The Labute approximate surface area is 83.9 Å². The summed E-state index contributed by atoms with van der Waals surface area (Å²) in [4.78, 5) is 12.2. The van der Waals surface area contributed by atoms with Crippen molar-refractivity contribution in [2.45, 2.75) is 39.0 Å². The first-order valence-corrected chi connectivity index (χ1v) is 4.20. The lowest BCUT2D eigenvalue weighted by Crippen LogP contribution is -2.48. The molecule has 0 aromatic carbocycles. The standard InChI is InChI=1S/C9H16N2O3/c1-8(2,3)14-7(12)11(5)9(4,13)6-10/h13H,1-5H3. The second-order valence-electron chi connectivity index (χ2n) is 4.17. The van der Waals surface area contributed by atoms with Crippen LogP contribution in [-0.2, 0) is 4.74 Å². The maximum Gasteiger partial charge on any atom is 0.413 e. The second kappa shape index (κ2) is 3.84. The molecule has 0 aliphatic carbocycles. The minimum Gasteiger partial charge on any atom is -0.444 e. The molecule has 80 valence electrons. The number of aliphatic hydroxyl groups is 1. The van der Waals surface area contributed by atoms with Gasteiger partial charge < -0.3 is 9.84 Å². The Morgan fingerprint density at radius 2 is 1.86 bits per heavy atom. The van der Waals surface area contributed by atoms with Crippen molar-refractivity contribution < 1.29 is 14.6 Å². The summed E-state index contributed by atoms with van der Waals surface area (Å²) in [5.74, 6) is 0. The summed E-state index contributed by atoms with van der Waals surface area (Å²) in [5, 5.41) is 18.0. The van der Waals surface area contributed by atoms with Gasteiger partial charge in [0, 0.05) is 7.05 Å². The summed E-state index contributed by atoms with van der Waals surface area (Å²) in [6, 6.07) is 1.59.